The largest absolute Gasteiger partial charge is 0.396 e. The number of aryl methyl sites for hydroxylation is 1. The first kappa shape index (κ1) is 16.5. The van der Waals surface area contributed by atoms with Crippen molar-refractivity contribution in [1.82, 2.24) is 4.90 Å². The minimum absolute atomic E-state index is 0.0462. The van der Waals surface area contributed by atoms with Gasteiger partial charge in [-0.15, -0.1) is 0 Å². The van der Waals surface area contributed by atoms with Gasteiger partial charge in [-0.2, -0.15) is 0 Å². The van der Waals surface area contributed by atoms with Crippen LogP contribution in [0.25, 0.3) is 0 Å². The van der Waals surface area contributed by atoms with Crippen LogP contribution >= 0.6 is 0 Å². The number of aliphatic hydroxyl groups is 1. The van der Waals surface area contributed by atoms with Crippen molar-refractivity contribution in [1.29, 1.82) is 0 Å². The zero-order valence-electron chi connectivity index (χ0n) is 12.8. The number of nitrogens with one attached hydrogen (secondary N) is 1. The van der Waals surface area contributed by atoms with E-state index in [0.29, 0.717) is 0 Å². The van der Waals surface area contributed by atoms with E-state index in [4.69, 9.17) is 5.11 Å². The first-order chi connectivity index (χ1) is 9.60. The zero-order chi connectivity index (χ0) is 15.0. The maximum atomic E-state index is 12.5. The van der Waals surface area contributed by atoms with E-state index in [0.717, 1.165) is 49.2 Å². The van der Waals surface area contributed by atoms with E-state index in [1.807, 2.05) is 39.1 Å². The number of carbonyl (C=O) groups excluding carboxylic acids is 1. The van der Waals surface area contributed by atoms with Crippen LogP contribution in [0.4, 0.5) is 5.69 Å². The molecule has 0 aromatic heterocycles. The lowest BCUT2D eigenvalue weighted by Crippen LogP contribution is -2.28. The number of anilines is 1. The SMILES string of the molecule is CCNc1cc(C)ccc1C(=O)N(C)CCCCCO. The summed E-state index contributed by atoms with van der Waals surface area (Å²) in [5, 5.41) is 12.0. The number of nitrogens with zero attached hydrogens (tertiary/aromatic N) is 1. The third-order valence-electron chi connectivity index (χ3n) is 3.27. The molecule has 0 atom stereocenters. The first-order valence-corrected chi connectivity index (χ1v) is 7.31. The molecule has 0 heterocycles. The lowest BCUT2D eigenvalue weighted by Gasteiger charge is -2.19. The molecule has 0 bridgehead atoms. The molecule has 0 aliphatic carbocycles. The van der Waals surface area contributed by atoms with E-state index in [2.05, 4.69) is 5.32 Å². The second-order valence-electron chi connectivity index (χ2n) is 5.09. The van der Waals surface area contributed by atoms with Gasteiger partial charge in [0.15, 0.2) is 0 Å². The van der Waals surface area contributed by atoms with Crippen molar-refractivity contribution in [2.45, 2.75) is 33.1 Å². The van der Waals surface area contributed by atoms with Gasteiger partial charge < -0.3 is 15.3 Å². The van der Waals surface area contributed by atoms with Gasteiger partial charge in [0, 0.05) is 32.4 Å². The number of hydrogen-bond donors (Lipinski definition) is 2. The van der Waals surface area contributed by atoms with Gasteiger partial charge in [-0.3, -0.25) is 4.79 Å². The predicted molar refractivity (Wildman–Crippen MR) is 83.2 cm³/mol. The van der Waals surface area contributed by atoms with Crippen molar-refractivity contribution in [2.75, 3.05) is 32.1 Å². The Morgan fingerprint density at radius 2 is 2.05 bits per heavy atom. The molecule has 1 amide bonds. The predicted octanol–water partition coefficient (Wildman–Crippen LogP) is 2.66. The summed E-state index contributed by atoms with van der Waals surface area (Å²) in [7, 11) is 1.83. The summed E-state index contributed by atoms with van der Waals surface area (Å²) >= 11 is 0. The van der Waals surface area contributed by atoms with E-state index in [-0.39, 0.29) is 12.5 Å². The molecule has 4 nitrogen and oxygen atoms in total. The molecule has 0 saturated heterocycles. The van der Waals surface area contributed by atoms with E-state index in [1.54, 1.807) is 4.90 Å². The highest BCUT2D eigenvalue weighted by Crippen LogP contribution is 2.19. The number of hydrogen-bond acceptors (Lipinski definition) is 3. The second kappa shape index (κ2) is 8.59. The zero-order valence-corrected chi connectivity index (χ0v) is 12.8. The Balaban J connectivity index is 2.70. The topological polar surface area (TPSA) is 52.6 Å². The first-order valence-electron chi connectivity index (χ1n) is 7.31. The Labute approximate surface area is 121 Å². The van der Waals surface area contributed by atoms with Crippen LogP contribution in [0.15, 0.2) is 18.2 Å². The molecule has 4 heteroatoms. The minimum Gasteiger partial charge on any atom is -0.396 e. The summed E-state index contributed by atoms with van der Waals surface area (Å²) in [4.78, 5) is 14.2. The van der Waals surface area contributed by atoms with Crippen LogP contribution in [-0.2, 0) is 0 Å². The second-order valence-corrected chi connectivity index (χ2v) is 5.09. The molecular formula is C16H26N2O2. The average molecular weight is 278 g/mol. The van der Waals surface area contributed by atoms with Crippen LogP contribution in [0.1, 0.15) is 42.1 Å². The van der Waals surface area contributed by atoms with E-state index in [1.165, 1.54) is 0 Å². The van der Waals surface area contributed by atoms with Crippen LogP contribution in [0.5, 0.6) is 0 Å². The maximum Gasteiger partial charge on any atom is 0.255 e. The number of aliphatic hydroxyl groups excluding tert-OH is 1. The van der Waals surface area contributed by atoms with E-state index < -0.39 is 0 Å². The van der Waals surface area contributed by atoms with Crippen molar-refractivity contribution in [2.24, 2.45) is 0 Å². The molecule has 0 spiro atoms. The fraction of sp³-hybridized carbons (Fsp3) is 0.562. The Morgan fingerprint density at radius 1 is 1.30 bits per heavy atom. The Bertz CT molecular complexity index is 432. The summed E-state index contributed by atoms with van der Waals surface area (Å²) in [6, 6.07) is 5.86. The van der Waals surface area contributed by atoms with E-state index in [9.17, 15) is 4.79 Å². The number of benzene rings is 1. The molecule has 1 aromatic rings. The molecule has 0 unspecified atom stereocenters. The van der Waals surface area contributed by atoms with E-state index >= 15 is 0 Å². The van der Waals surface area contributed by atoms with Crippen molar-refractivity contribution >= 4 is 11.6 Å². The molecule has 0 fully saturated rings. The highest BCUT2D eigenvalue weighted by Gasteiger charge is 2.15. The number of amides is 1. The molecule has 0 saturated carbocycles. The van der Waals surface area contributed by atoms with Crippen molar-refractivity contribution in [3.05, 3.63) is 29.3 Å². The molecule has 0 radical (unpaired) electrons. The van der Waals surface area contributed by atoms with Crippen LogP contribution in [-0.4, -0.2) is 42.7 Å². The summed E-state index contributed by atoms with van der Waals surface area (Å²) < 4.78 is 0. The van der Waals surface area contributed by atoms with Gasteiger partial charge in [-0.25, -0.2) is 0 Å². The van der Waals surface area contributed by atoms with Gasteiger partial charge in [0.05, 0.1) is 5.56 Å². The van der Waals surface area contributed by atoms with Gasteiger partial charge in [-0.1, -0.05) is 6.07 Å². The minimum atomic E-state index is 0.0462. The average Bonchev–Trinajstić information content (AvgIpc) is 2.43. The van der Waals surface area contributed by atoms with Crippen LogP contribution in [0, 0.1) is 6.92 Å². The van der Waals surface area contributed by atoms with Gasteiger partial charge in [0.25, 0.3) is 5.91 Å². The Hall–Kier alpha value is -1.55. The fourth-order valence-electron chi connectivity index (χ4n) is 2.13. The third-order valence-corrected chi connectivity index (χ3v) is 3.27. The maximum absolute atomic E-state index is 12.5. The van der Waals surface area contributed by atoms with Crippen LogP contribution < -0.4 is 5.32 Å². The van der Waals surface area contributed by atoms with Gasteiger partial charge in [0.1, 0.15) is 0 Å². The third kappa shape index (κ3) is 4.85. The van der Waals surface area contributed by atoms with Crippen molar-refractivity contribution in [3.8, 4) is 0 Å². The molecule has 0 aliphatic rings. The standard InChI is InChI=1S/C16H26N2O2/c1-4-17-15-12-13(2)8-9-14(15)16(20)18(3)10-6-5-7-11-19/h8-9,12,17,19H,4-7,10-11H2,1-3H3. The molecule has 1 aromatic carbocycles. The van der Waals surface area contributed by atoms with Gasteiger partial charge in [-0.05, 0) is 50.8 Å². The van der Waals surface area contributed by atoms with Crippen molar-refractivity contribution in [3.63, 3.8) is 0 Å². The van der Waals surface area contributed by atoms with Crippen LogP contribution in [0.2, 0.25) is 0 Å². The Morgan fingerprint density at radius 3 is 2.70 bits per heavy atom. The number of unbranched alkanes of at least 4 members (excludes halogenated alkanes) is 2. The normalized spacial score (nSPS) is 10.4. The summed E-state index contributed by atoms with van der Waals surface area (Å²) in [6.07, 6.45) is 2.67. The lowest BCUT2D eigenvalue weighted by atomic mass is 10.1. The highest BCUT2D eigenvalue weighted by molar-refractivity contribution is 5.99. The lowest BCUT2D eigenvalue weighted by molar-refractivity contribution is 0.0793. The molecule has 2 N–H and O–H groups in total. The summed E-state index contributed by atoms with van der Waals surface area (Å²) in [5.74, 6) is 0.0462. The number of rotatable bonds is 8. The molecule has 0 aliphatic heterocycles. The smallest absolute Gasteiger partial charge is 0.255 e. The molecule has 1 rings (SSSR count). The van der Waals surface area contributed by atoms with Crippen LogP contribution in [0.3, 0.4) is 0 Å². The number of carbonyl (C=O) groups is 1. The highest BCUT2D eigenvalue weighted by atomic mass is 16.2. The monoisotopic (exact) mass is 278 g/mol. The van der Waals surface area contributed by atoms with Gasteiger partial charge in [0.2, 0.25) is 0 Å². The summed E-state index contributed by atoms with van der Waals surface area (Å²) in [5.41, 5.74) is 2.77. The van der Waals surface area contributed by atoms with Crippen molar-refractivity contribution < 1.29 is 9.90 Å². The Kier molecular flexibility index (Phi) is 7.09. The quantitative estimate of drug-likeness (QED) is 0.719. The molecular weight excluding hydrogens is 252 g/mol. The molecule has 112 valence electrons. The molecule has 20 heavy (non-hydrogen) atoms. The summed E-state index contributed by atoms with van der Waals surface area (Å²) in [6.45, 7) is 5.78. The van der Waals surface area contributed by atoms with Gasteiger partial charge >= 0.3 is 0 Å². The fourth-order valence-corrected chi connectivity index (χ4v) is 2.13.